The quantitative estimate of drug-likeness (QED) is 0.576. The molecule has 0 aliphatic carbocycles. The number of amides is 1. The van der Waals surface area contributed by atoms with E-state index in [1.54, 1.807) is 22.8 Å². The Labute approximate surface area is 160 Å². The van der Waals surface area contributed by atoms with Gasteiger partial charge in [-0.05, 0) is 49.2 Å². The largest absolute Gasteiger partial charge is 0.417 e. The summed E-state index contributed by atoms with van der Waals surface area (Å²) in [6, 6.07) is 12.9. The van der Waals surface area contributed by atoms with E-state index >= 15 is 0 Å². The Morgan fingerprint density at radius 1 is 1.19 bits per heavy atom. The smallest absolute Gasteiger partial charge is 0.251 e. The summed E-state index contributed by atoms with van der Waals surface area (Å²) < 4.78 is 7.32. The monoisotopic (exact) mass is 380 g/mol. The molecule has 4 aromatic rings. The Balaban J connectivity index is 1.48. The second-order valence-electron chi connectivity index (χ2n) is 6.27. The highest BCUT2D eigenvalue weighted by atomic mass is 35.5. The molecular formula is C20H17ClN4O2. The van der Waals surface area contributed by atoms with Crippen LogP contribution in [0, 0.1) is 13.8 Å². The van der Waals surface area contributed by atoms with Gasteiger partial charge in [-0.1, -0.05) is 29.8 Å². The lowest BCUT2D eigenvalue weighted by atomic mass is 10.1. The number of carbonyl (C=O) groups is 1. The Bertz CT molecular complexity index is 1130. The van der Waals surface area contributed by atoms with Crippen molar-refractivity contribution in [2.45, 2.75) is 20.4 Å². The van der Waals surface area contributed by atoms with Crippen molar-refractivity contribution in [3.8, 4) is 11.5 Å². The van der Waals surface area contributed by atoms with Crippen molar-refractivity contribution < 1.29 is 9.21 Å². The average molecular weight is 381 g/mol. The fourth-order valence-electron chi connectivity index (χ4n) is 2.82. The van der Waals surface area contributed by atoms with Gasteiger partial charge >= 0.3 is 0 Å². The maximum absolute atomic E-state index is 12.4. The number of imidazole rings is 1. The first kappa shape index (κ1) is 17.3. The number of carbonyl (C=O) groups excluding carboxylic acids is 1. The third-order valence-corrected chi connectivity index (χ3v) is 4.92. The van der Waals surface area contributed by atoms with E-state index < -0.39 is 0 Å². The minimum atomic E-state index is -0.167. The molecule has 2 aromatic heterocycles. The Morgan fingerprint density at radius 3 is 2.70 bits per heavy atom. The number of rotatable bonds is 4. The van der Waals surface area contributed by atoms with Gasteiger partial charge in [0.2, 0.25) is 11.6 Å². The molecule has 0 fully saturated rings. The van der Waals surface area contributed by atoms with Gasteiger partial charge in [-0.2, -0.15) is 4.52 Å². The van der Waals surface area contributed by atoms with E-state index in [-0.39, 0.29) is 5.91 Å². The molecule has 6 nitrogen and oxygen atoms in total. The van der Waals surface area contributed by atoms with Gasteiger partial charge in [0.05, 0.1) is 6.20 Å². The van der Waals surface area contributed by atoms with Crippen LogP contribution >= 0.6 is 11.6 Å². The second kappa shape index (κ2) is 6.89. The second-order valence-corrected chi connectivity index (χ2v) is 6.65. The number of nitrogens with zero attached hydrogens (tertiary/aromatic N) is 3. The number of hydrogen-bond acceptors (Lipinski definition) is 4. The van der Waals surface area contributed by atoms with Crippen molar-refractivity contribution in [3.05, 3.63) is 76.2 Å². The number of aromatic nitrogens is 3. The summed E-state index contributed by atoms with van der Waals surface area (Å²) in [6.45, 7) is 4.17. The predicted molar refractivity (Wildman–Crippen MR) is 103 cm³/mol. The van der Waals surface area contributed by atoms with E-state index in [0.29, 0.717) is 28.7 Å². The molecule has 2 aromatic carbocycles. The van der Waals surface area contributed by atoms with E-state index in [2.05, 4.69) is 15.4 Å². The highest BCUT2D eigenvalue weighted by molar-refractivity contribution is 6.32. The summed E-state index contributed by atoms with van der Waals surface area (Å²) in [5.74, 6) is 1.07. The maximum atomic E-state index is 12.4. The average Bonchev–Trinajstić information content (AvgIpc) is 3.25. The summed E-state index contributed by atoms with van der Waals surface area (Å²) in [4.78, 5) is 16.5. The van der Waals surface area contributed by atoms with Crippen molar-refractivity contribution in [2.75, 3.05) is 0 Å². The molecule has 0 saturated heterocycles. The molecule has 27 heavy (non-hydrogen) atoms. The Morgan fingerprint density at radius 2 is 1.96 bits per heavy atom. The zero-order valence-electron chi connectivity index (χ0n) is 14.9. The number of hydrogen-bond donors (Lipinski definition) is 1. The van der Waals surface area contributed by atoms with E-state index in [1.807, 2.05) is 44.2 Å². The number of halogens is 1. The lowest BCUT2D eigenvalue weighted by Gasteiger charge is -2.09. The van der Waals surface area contributed by atoms with Crippen LogP contribution in [-0.4, -0.2) is 20.5 Å². The first-order valence-electron chi connectivity index (χ1n) is 8.47. The Hall–Kier alpha value is -3.12. The molecule has 1 amide bonds. The summed E-state index contributed by atoms with van der Waals surface area (Å²) in [7, 11) is 0. The predicted octanol–water partition coefficient (Wildman–Crippen LogP) is 4.19. The summed E-state index contributed by atoms with van der Waals surface area (Å²) in [5, 5.41) is 7.95. The van der Waals surface area contributed by atoms with E-state index in [4.69, 9.17) is 16.0 Å². The standard InChI is InChI=1S/C20H17ClN4O2/c1-12-4-3-5-16(18(12)21)10-23-19(26)14-6-8-15(9-7-14)20-24-25-13(2)22-11-17(25)27-20/h3-9,11H,10H2,1-2H3,(H,23,26). The normalized spacial score (nSPS) is 11.1. The fraction of sp³-hybridized carbons (Fsp3) is 0.150. The molecule has 1 N–H and O–H groups in total. The zero-order chi connectivity index (χ0) is 19.0. The fourth-order valence-corrected chi connectivity index (χ4v) is 3.01. The van der Waals surface area contributed by atoms with Gasteiger partial charge in [-0.25, -0.2) is 4.98 Å². The SMILES string of the molecule is Cc1cccc(CNC(=O)c2ccc(-c3nn4c(C)ncc4o3)cc2)c1Cl. The molecule has 0 radical (unpaired) electrons. The van der Waals surface area contributed by atoms with Gasteiger partial charge in [-0.15, -0.1) is 5.10 Å². The van der Waals surface area contributed by atoms with Crippen LogP contribution in [0.15, 0.2) is 53.1 Å². The van der Waals surface area contributed by atoms with Crippen LogP contribution < -0.4 is 5.32 Å². The van der Waals surface area contributed by atoms with Gasteiger partial charge in [-0.3, -0.25) is 4.79 Å². The van der Waals surface area contributed by atoms with Crippen LogP contribution in [0.5, 0.6) is 0 Å². The molecule has 0 atom stereocenters. The van der Waals surface area contributed by atoms with Gasteiger partial charge in [0.25, 0.3) is 5.91 Å². The van der Waals surface area contributed by atoms with Crippen molar-refractivity contribution >= 4 is 23.2 Å². The van der Waals surface area contributed by atoms with Crippen LogP contribution in [0.25, 0.3) is 17.2 Å². The van der Waals surface area contributed by atoms with E-state index in [1.165, 1.54) is 0 Å². The van der Waals surface area contributed by atoms with Gasteiger partial charge in [0.1, 0.15) is 5.82 Å². The van der Waals surface area contributed by atoms with Gasteiger partial charge in [0.15, 0.2) is 0 Å². The number of fused-ring (bicyclic) bond motifs is 1. The molecule has 0 spiro atoms. The highest BCUT2D eigenvalue weighted by Crippen LogP contribution is 2.22. The minimum absolute atomic E-state index is 0.167. The number of benzene rings is 2. The molecule has 0 aliphatic rings. The van der Waals surface area contributed by atoms with Crippen molar-refractivity contribution in [3.63, 3.8) is 0 Å². The molecular weight excluding hydrogens is 364 g/mol. The van der Waals surface area contributed by atoms with Crippen LogP contribution in [0.4, 0.5) is 0 Å². The minimum Gasteiger partial charge on any atom is -0.417 e. The van der Waals surface area contributed by atoms with Crippen LogP contribution in [0.1, 0.15) is 27.3 Å². The van der Waals surface area contributed by atoms with Crippen LogP contribution in [0.2, 0.25) is 5.02 Å². The molecule has 2 heterocycles. The zero-order valence-corrected chi connectivity index (χ0v) is 15.6. The molecule has 0 aliphatic heterocycles. The summed E-state index contributed by atoms with van der Waals surface area (Å²) in [5.41, 5.74) is 3.80. The van der Waals surface area contributed by atoms with Crippen LogP contribution in [-0.2, 0) is 6.54 Å². The van der Waals surface area contributed by atoms with Gasteiger partial charge in [0, 0.05) is 22.7 Å². The van der Waals surface area contributed by atoms with E-state index in [9.17, 15) is 4.79 Å². The third kappa shape index (κ3) is 3.31. The number of aryl methyl sites for hydroxylation is 2. The molecule has 0 bridgehead atoms. The third-order valence-electron chi connectivity index (χ3n) is 4.37. The topological polar surface area (TPSA) is 72.4 Å². The van der Waals surface area contributed by atoms with Crippen LogP contribution in [0.3, 0.4) is 0 Å². The molecule has 4 rings (SSSR count). The molecule has 136 valence electrons. The molecule has 7 heteroatoms. The molecule has 0 saturated carbocycles. The van der Waals surface area contributed by atoms with E-state index in [0.717, 1.165) is 22.5 Å². The number of nitrogens with one attached hydrogen (secondary N) is 1. The first-order chi connectivity index (χ1) is 13.0. The summed E-state index contributed by atoms with van der Waals surface area (Å²) >= 11 is 6.27. The van der Waals surface area contributed by atoms with Crippen molar-refractivity contribution in [2.24, 2.45) is 0 Å². The first-order valence-corrected chi connectivity index (χ1v) is 8.84. The maximum Gasteiger partial charge on any atom is 0.251 e. The Kier molecular flexibility index (Phi) is 4.41. The van der Waals surface area contributed by atoms with Crippen molar-refractivity contribution in [1.29, 1.82) is 0 Å². The van der Waals surface area contributed by atoms with Gasteiger partial charge < -0.3 is 9.73 Å². The summed E-state index contributed by atoms with van der Waals surface area (Å²) in [6.07, 6.45) is 1.63. The lowest BCUT2D eigenvalue weighted by molar-refractivity contribution is 0.0951. The molecule has 0 unspecified atom stereocenters. The van der Waals surface area contributed by atoms with Crippen molar-refractivity contribution in [1.82, 2.24) is 19.9 Å². The highest BCUT2D eigenvalue weighted by Gasteiger charge is 2.12. The lowest BCUT2D eigenvalue weighted by Crippen LogP contribution is -2.22.